The number of halogens is 1. The van der Waals surface area contributed by atoms with Gasteiger partial charge in [-0.2, -0.15) is 0 Å². The summed E-state index contributed by atoms with van der Waals surface area (Å²) < 4.78 is 6.77. The number of hydrogen-bond donors (Lipinski definition) is 4. The first kappa shape index (κ1) is 24.5. The van der Waals surface area contributed by atoms with Gasteiger partial charge in [-0.3, -0.25) is 9.59 Å². The van der Waals surface area contributed by atoms with Crippen molar-refractivity contribution >= 4 is 56.3 Å². The fourth-order valence-electron chi connectivity index (χ4n) is 3.48. The zero-order valence-electron chi connectivity index (χ0n) is 18.8. The van der Waals surface area contributed by atoms with Gasteiger partial charge in [0.15, 0.2) is 0 Å². The van der Waals surface area contributed by atoms with E-state index in [1.807, 2.05) is 18.4 Å². The summed E-state index contributed by atoms with van der Waals surface area (Å²) in [5, 5.41) is 17.5. The maximum absolute atomic E-state index is 12.6. The summed E-state index contributed by atoms with van der Waals surface area (Å²) in [7, 11) is 0. The number of aliphatic hydroxyl groups is 1. The minimum absolute atomic E-state index is 0.148. The molecule has 4 aromatic rings. The van der Waals surface area contributed by atoms with Gasteiger partial charge in [0.05, 0.1) is 16.9 Å². The summed E-state index contributed by atoms with van der Waals surface area (Å²) in [6, 6.07) is 12.1. The Morgan fingerprint density at radius 3 is 2.80 bits per heavy atom. The van der Waals surface area contributed by atoms with E-state index in [9.17, 15) is 9.59 Å². The van der Waals surface area contributed by atoms with Crippen molar-refractivity contribution in [3.63, 3.8) is 0 Å². The molecule has 35 heavy (non-hydrogen) atoms. The third-order valence-electron chi connectivity index (χ3n) is 5.26. The van der Waals surface area contributed by atoms with Crippen molar-refractivity contribution in [2.75, 3.05) is 24.2 Å². The summed E-state index contributed by atoms with van der Waals surface area (Å²) in [6.07, 6.45) is 1.43. The summed E-state index contributed by atoms with van der Waals surface area (Å²) >= 11 is 7.36. The number of amides is 2. The largest absolute Gasteiger partial charge is 0.489 e. The number of thiophene rings is 1. The van der Waals surface area contributed by atoms with Gasteiger partial charge >= 0.3 is 0 Å². The zero-order valence-corrected chi connectivity index (χ0v) is 20.4. The van der Waals surface area contributed by atoms with Crippen molar-refractivity contribution < 1.29 is 19.4 Å². The van der Waals surface area contributed by atoms with Crippen LogP contribution in [0.25, 0.3) is 10.1 Å². The third-order valence-corrected chi connectivity index (χ3v) is 6.56. The molecule has 0 saturated heterocycles. The minimum atomic E-state index is -0.329. The molecule has 8 nitrogen and oxygen atoms in total. The molecule has 0 unspecified atom stereocenters. The third kappa shape index (κ3) is 5.54. The maximum atomic E-state index is 12.6. The van der Waals surface area contributed by atoms with Crippen LogP contribution in [-0.2, 0) is 6.61 Å². The van der Waals surface area contributed by atoms with Crippen LogP contribution in [-0.4, -0.2) is 35.1 Å². The molecule has 4 rings (SSSR count). The second-order valence-corrected chi connectivity index (χ2v) is 9.05. The number of nitrogens with one attached hydrogen (secondary N) is 2. The van der Waals surface area contributed by atoms with Crippen LogP contribution in [0.4, 0.5) is 11.5 Å². The molecular weight excluding hydrogens is 488 g/mol. The normalized spacial score (nSPS) is 10.8. The van der Waals surface area contributed by atoms with Crippen LogP contribution in [0.5, 0.6) is 5.75 Å². The van der Waals surface area contributed by atoms with Gasteiger partial charge in [-0.1, -0.05) is 23.7 Å². The molecule has 0 aliphatic heterocycles. The van der Waals surface area contributed by atoms with Crippen molar-refractivity contribution in [3.05, 3.63) is 81.3 Å². The lowest BCUT2D eigenvalue weighted by atomic mass is 10.1. The number of carbonyl (C=O) groups is 2. The first-order valence-corrected chi connectivity index (χ1v) is 12.0. The number of nitrogen functional groups attached to an aromatic ring is 1. The molecule has 5 N–H and O–H groups in total. The van der Waals surface area contributed by atoms with Gasteiger partial charge in [-0.15, -0.1) is 11.3 Å². The van der Waals surface area contributed by atoms with Crippen LogP contribution < -0.4 is 21.1 Å². The maximum Gasteiger partial charge on any atom is 0.255 e. The van der Waals surface area contributed by atoms with Gasteiger partial charge in [-0.25, -0.2) is 4.98 Å². The number of nitrogens with two attached hydrogens (primary N) is 1. The molecule has 10 heteroatoms. The highest BCUT2D eigenvalue weighted by Gasteiger charge is 2.18. The Morgan fingerprint density at radius 1 is 1.20 bits per heavy atom. The number of aliphatic hydroxyl groups excluding tert-OH is 1. The molecule has 180 valence electrons. The molecule has 0 aliphatic carbocycles. The monoisotopic (exact) mass is 510 g/mol. The molecule has 0 spiro atoms. The quantitative estimate of drug-likeness (QED) is 0.278. The number of benzene rings is 2. The van der Waals surface area contributed by atoms with Crippen molar-refractivity contribution in [2.45, 2.75) is 13.5 Å². The topological polar surface area (TPSA) is 127 Å². The smallest absolute Gasteiger partial charge is 0.255 e. The van der Waals surface area contributed by atoms with E-state index in [4.69, 9.17) is 27.2 Å². The highest BCUT2D eigenvalue weighted by atomic mass is 35.5. The molecule has 0 radical (unpaired) electrons. The molecule has 2 aromatic carbocycles. The van der Waals surface area contributed by atoms with Crippen LogP contribution in [0.2, 0.25) is 5.02 Å². The Hall–Kier alpha value is -3.66. The molecule has 2 aromatic heterocycles. The van der Waals surface area contributed by atoms with Crippen LogP contribution in [0.3, 0.4) is 0 Å². The first-order valence-electron chi connectivity index (χ1n) is 10.7. The van der Waals surface area contributed by atoms with Crippen LogP contribution in [0.1, 0.15) is 31.8 Å². The standard InChI is InChI=1S/C25H23ClN4O4S/c1-14-5-6-18(30-24(32)15-3-2-4-17(26)9-15)10-20(14)34-12-16-13-35-22-19(25(33)28-7-8-31)11-29-23(27)21(16)22/h2-6,9-11,13,31H,7-8,12H2,1H3,(H2,27,29)(H,28,33)(H,30,32). The highest BCUT2D eigenvalue weighted by molar-refractivity contribution is 7.17. The van der Waals surface area contributed by atoms with E-state index in [0.29, 0.717) is 43.5 Å². The van der Waals surface area contributed by atoms with Gasteiger partial charge in [-0.05, 0) is 42.1 Å². The molecule has 2 heterocycles. The Kier molecular flexibility index (Phi) is 7.50. The average Bonchev–Trinajstić information content (AvgIpc) is 3.28. The fourth-order valence-corrected chi connectivity index (χ4v) is 4.75. The van der Waals surface area contributed by atoms with Crippen molar-refractivity contribution in [1.82, 2.24) is 10.3 Å². The lowest BCUT2D eigenvalue weighted by Gasteiger charge is -2.12. The van der Waals surface area contributed by atoms with Gasteiger partial charge in [0.2, 0.25) is 0 Å². The second-order valence-electron chi connectivity index (χ2n) is 7.74. The Balaban J connectivity index is 1.53. The number of rotatable bonds is 8. The van der Waals surface area contributed by atoms with Gasteiger partial charge in [0, 0.05) is 46.0 Å². The van der Waals surface area contributed by atoms with E-state index in [1.54, 1.807) is 36.4 Å². The van der Waals surface area contributed by atoms with Gasteiger partial charge in [0.1, 0.15) is 18.2 Å². The molecule has 0 fully saturated rings. The number of aryl methyl sites for hydroxylation is 1. The number of ether oxygens (including phenoxy) is 1. The summed E-state index contributed by atoms with van der Waals surface area (Å²) in [5.41, 5.74) is 9.23. The Morgan fingerprint density at radius 2 is 2.03 bits per heavy atom. The van der Waals surface area contributed by atoms with Crippen molar-refractivity contribution in [2.24, 2.45) is 0 Å². The predicted molar refractivity (Wildman–Crippen MR) is 138 cm³/mol. The zero-order chi connectivity index (χ0) is 24.9. The average molecular weight is 511 g/mol. The van der Waals surface area contributed by atoms with E-state index in [1.165, 1.54) is 17.5 Å². The van der Waals surface area contributed by atoms with Crippen molar-refractivity contribution in [3.8, 4) is 5.75 Å². The lowest BCUT2D eigenvalue weighted by molar-refractivity contribution is 0.0945. The molecule has 0 saturated carbocycles. The fraction of sp³-hybridized carbons (Fsp3) is 0.160. The molecular formula is C25H23ClN4O4S. The summed E-state index contributed by atoms with van der Waals surface area (Å²) in [4.78, 5) is 29.2. The molecule has 0 aliphatic rings. The predicted octanol–water partition coefficient (Wildman–Crippen LogP) is 4.39. The molecule has 0 bridgehead atoms. The number of fused-ring (bicyclic) bond motifs is 1. The molecule has 0 atom stereocenters. The summed E-state index contributed by atoms with van der Waals surface area (Å²) in [5.74, 6) is 0.288. The number of hydrogen-bond acceptors (Lipinski definition) is 7. The van der Waals surface area contributed by atoms with E-state index in [-0.39, 0.29) is 31.6 Å². The van der Waals surface area contributed by atoms with E-state index in [0.717, 1.165) is 11.1 Å². The van der Waals surface area contributed by atoms with E-state index >= 15 is 0 Å². The second kappa shape index (κ2) is 10.7. The number of nitrogens with zero attached hydrogens (tertiary/aromatic N) is 1. The minimum Gasteiger partial charge on any atom is -0.489 e. The number of aromatic nitrogens is 1. The van der Waals surface area contributed by atoms with E-state index in [2.05, 4.69) is 15.6 Å². The Labute approximate surface area is 210 Å². The highest BCUT2D eigenvalue weighted by Crippen LogP contribution is 2.34. The molecule has 2 amide bonds. The lowest BCUT2D eigenvalue weighted by Crippen LogP contribution is -2.26. The SMILES string of the molecule is Cc1ccc(NC(=O)c2cccc(Cl)c2)cc1OCc1csc2c(C(=O)NCCO)cnc(N)c12. The number of anilines is 2. The van der Waals surface area contributed by atoms with Crippen LogP contribution in [0, 0.1) is 6.92 Å². The van der Waals surface area contributed by atoms with Crippen LogP contribution in [0.15, 0.2) is 54.0 Å². The van der Waals surface area contributed by atoms with Gasteiger partial charge < -0.3 is 26.2 Å². The number of pyridine rings is 1. The van der Waals surface area contributed by atoms with Crippen molar-refractivity contribution in [1.29, 1.82) is 0 Å². The van der Waals surface area contributed by atoms with Gasteiger partial charge in [0.25, 0.3) is 11.8 Å². The van der Waals surface area contributed by atoms with E-state index < -0.39 is 0 Å². The number of carbonyl (C=O) groups excluding carboxylic acids is 2. The van der Waals surface area contributed by atoms with Crippen LogP contribution >= 0.6 is 22.9 Å². The summed E-state index contributed by atoms with van der Waals surface area (Å²) in [6.45, 7) is 2.09. The first-order chi connectivity index (χ1) is 16.9. The Bertz CT molecular complexity index is 1410.